The Morgan fingerprint density at radius 2 is 1.42 bits per heavy atom. The Labute approximate surface area is 79.6 Å². The molecule has 12 heavy (non-hydrogen) atoms. The van der Waals surface area contributed by atoms with Crippen LogP contribution in [0, 0.1) is 13.8 Å². The zero-order chi connectivity index (χ0) is 9.14. The molecule has 0 bridgehead atoms. The van der Waals surface area contributed by atoms with Crippen LogP contribution in [0.2, 0.25) is 0 Å². The smallest absolute Gasteiger partial charge is 0.0126 e. The van der Waals surface area contributed by atoms with Crippen LogP contribution in [0.3, 0.4) is 0 Å². The van der Waals surface area contributed by atoms with Gasteiger partial charge in [0.1, 0.15) is 0 Å². The Morgan fingerprint density at radius 1 is 1.00 bits per heavy atom. The molecule has 0 fully saturated rings. The second-order valence-corrected chi connectivity index (χ2v) is 3.93. The molecule has 0 nitrogen and oxygen atoms in total. The van der Waals surface area contributed by atoms with Crippen LogP contribution in [-0.2, 0) is 12.3 Å². The van der Waals surface area contributed by atoms with Crippen molar-refractivity contribution in [2.24, 2.45) is 0 Å². The van der Waals surface area contributed by atoms with Crippen molar-refractivity contribution in [3.8, 4) is 0 Å². The van der Waals surface area contributed by atoms with Crippen LogP contribution >= 0.6 is 18.5 Å². The monoisotopic (exact) mass is 198 g/mol. The molecule has 2 atom stereocenters. The van der Waals surface area contributed by atoms with E-state index in [-0.39, 0.29) is 0 Å². The van der Waals surface area contributed by atoms with Crippen molar-refractivity contribution in [2.75, 3.05) is 0 Å². The van der Waals surface area contributed by atoms with E-state index in [1.54, 1.807) is 0 Å². The lowest BCUT2D eigenvalue weighted by Gasteiger charge is -2.09. The highest BCUT2D eigenvalue weighted by atomic mass is 31.0. The van der Waals surface area contributed by atoms with Crippen LogP contribution in [-0.4, -0.2) is 0 Å². The number of rotatable bonds is 2. The number of hydrogen-bond donors (Lipinski definition) is 0. The Hall–Kier alpha value is 0.0800. The molecule has 0 heterocycles. The van der Waals surface area contributed by atoms with Crippen LogP contribution in [0.25, 0.3) is 0 Å². The van der Waals surface area contributed by atoms with Gasteiger partial charge in [0.15, 0.2) is 0 Å². The van der Waals surface area contributed by atoms with Gasteiger partial charge in [0.2, 0.25) is 0 Å². The fourth-order valence-electron chi connectivity index (χ4n) is 1.44. The van der Waals surface area contributed by atoms with E-state index in [0.29, 0.717) is 0 Å². The number of aryl methyl sites for hydroxylation is 1. The maximum atomic E-state index is 2.79. The third-order valence-electron chi connectivity index (χ3n) is 2.21. The Balaban J connectivity index is 3.22. The third-order valence-corrected chi connectivity index (χ3v) is 3.09. The minimum atomic E-state index is 1.06. The summed E-state index contributed by atoms with van der Waals surface area (Å²) >= 11 is 0. The van der Waals surface area contributed by atoms with Gasteiger partial charge in [-0.1, -0.05) is 17.7 Å². The van der Waals surface area contributed by atoms with E-state index in [0.717, 1.165) is 12.3 Å². The third kappa shape index (κ3) is 2.06. The summed E-state index contributed by atoms with van der Waals surface area (Å²) in [5.41, 5.74) is 5.73. The predicted octanol–water partition coefficient (Wildman–Crippen LogP) is 3.05. The normalized spacial score (nSPS) is 10.3. The summed E-state index contributed by atoms with van der Waals surface area (Å²) in [7, 11) is 5.57. The second-order valence-electron chi connectivity index (χ2n) is 3.12. The zero-order valence-electron chi connectivity index (χ0n) is 7.72. The van der Waals surface area contributed by atoms with Crippen LogP contribution in [0.15, 0.2) is 12.1 Å². The van der Waals surface area contributed by atoms with Crippen molar-refractivity contribution in [3.05, 3.63) is 34.4 Å². The van der Waals surface area contributed by atoms with E-state index in [4.69, 9.17) is 0 Å². The topological polar surface area (TPSA) is 0 Å². The van der Waals surface area contributed by atoms with Gasteiger partial charge in [0, 0.05) is 0 Å². The summed E-state index contributed by atoms with van der Waals surface area (Å²) in [5, 5.41) is 0. The molecule has 0 aliphatic heterocycles. The van der Waals surface area contributed by atoms with Crippen molar-refractivity contribution in [3.63, 3.8) is 0 Å². The summed E-state index contributed by atoms with van der Waals surface area (Å²) < 4.78 is 0. The first-order valence-electron chi connectivity index (χ1n) is 4.18. The van der Waals surface area contributed by atoms with Crippen molar-refractivity contribution in [2.45, 2.75) is 26.2 Å². The first-order valence-corrected chi connectivity index (χ1v) is 5.81. The quantitative estimate of drug-likeness (QED) is 0.640. The molecule has 1 aromatic rings. The largest absolute Gasteiger partial charge is 0.133 e. The SMILES string of the molecule is Cc1cc(CP)c(C)c(CP)c1. The van der Waals surface area contributed by atoms with Gasteiger partial charge in [-0.05, 0) is 42.9 Å². The average molecular weight is 198 g/mol. The van der Waals surface area contributed by atoms with E-state index in [9.17, 15) is 0 Å². The van der Waals surface area contributed by atoms with Gasteiger partial charge in [-0.15, -0.1) is 18.5 Å². The van der Waals surface area contributed by atoms with E-state index < -0.39 is 0 Å². The minimum absolute atomic E-state index is 1.06. The van der Waals surface area contributed by atoms with Gasteiger partial charge >= 0.3 is 0 Å². The molecule has 0 saturated carbocycles. The molecule has 1 rings (SSSR count). The summed E-state index contributed by atoms with van der Waals surface area (Å²) in [6.07, 6.45) is 2.12. The van der Waals surface area contributed by atoms with Gasteiger partial charge in [0.05, 0.1) is 0 Å². The standard InChI is InChI=1S/C10H16P2/c1-7-3-9(5-11)8(2)10(4-7)6-12/h3-4H,5-6,11-12H2,1-2H3. The molecule has 0 N–H and O–H groups in total. The van der Waals surface area contributed by atoms with Crippen LogP contribution in [0.5, 0.6) is 0 Å². The average Bonchev–Trinajstić information content (AvgIpc) is 2.08. The zero-order valence-corrected chi connectivity index (χ0v) is 10.0. The molecule has 2 heteroatoms. The highest BCUT2D eigenvalue weighted by Gasteiger charge is 2.01. The van der Waals surface area contributed by atoms with Crippen molar-refractivity contribution in [1.82, 2.24) is 0 Å². The molecule has 66 valence electrons. The summed E-state index contributed by atoms with van der Waals surface area (Å²) in [4.78, 5) is 0. The van der Waals surface area contributed by atoms with Crippen molar-refractivity contribution in [1.29, 1.82) is 0 Å². The Kier molecular flexibility index (Phi) is 3.69. The summed E-state index contributed by atoms with van der Waals surface area (Å²) in [6, 6.07) is 4.54. The molecule has 0 spiro atoms. The first kappa shape index (κ1) is 10.2. The van der Waals surface area contributed by atoms with Gasteiger partial charge in [0.25, 0.3) is 0 Å². The van der Waals surface area contributed by atoms with E-state index in [2.05, 4.69) is 44.5 Å². The molecule has 0 saturated heterocycles. The van der Waals surface area contributed by atoms with E-state index in [1.165, 1.54) is 22.3 Å². The molecule has 0 aromatic heterocycles. The fraction of sp³-hybridized carbons (Fsp3) is 0.400. The molecule has 0 radical (unpaired) electrons. The number of hydrogen-bond acceptors (Lipinski definition) is 0. The van der Waals surface area contributed by atoms with Gasteiger partial charge in [-0.3, -0.25) is 0 Å². The van der Waals surface area contributed by atoms with E-state index in [1.807, 2.05) is 0 Å². The Morgan fingerprint density at radius 3 is 1.75 bits per heavy atom. The van der Waals surface area contributed by atoms with Crippen LogP contribution < -0.4 is 0 Å². The minimum Gasteiger partial charge on any atom is -0.133 e. The van der Waals surface area contributed by atoms with Crippen LogP contribution in [0.4, 0.5) is 0 Å². The van der Waals surface area contributed by atoms with E-state index >= 15 is 0 Å². The van der Waals surface area contributed by atoms with Gasteiger partial charge in [-0.25, -0.2) is 0 Å². The lowest BCUT2D eigenvalue weighted by molar-refractivity contribution is 1.20. The van der Waals surface area contributed by atoms with Gasteiger partial charge in [-0.2, -0.15) is 0 Å². The maximum absolute atomic E-state index is 2.79. The molecule has 0 aliphatic carbocycles. The highest BCUT2D eigenvalue weighted by molar-refractivity contribution is 7.15. The second kappa shape index (κ2) is 4.35. The van der Waals surface area contributed by atoms with Gasteiger partial charge < -0.3 is 0 Å². The lowest BCUT2D eigenvalue weighted by atomic mass is 10.0. The predicted molar refractivity (Wildman–Crippen MR) is 62.7 cm³/mol. The molecule has 0 amide bonds. The molecular formula is C10H16P2. The lowest BCUT2D eigenvalue weighted by Crippen LogP contribution is -1.92. The van der Waals surface area contributed by atoms with Crippen molar-refractivity contribution < 1.29 is 0 Å². The fourth-order valence-corrected chi connectivity index (χ4v) is 2.29. The molecule has 0 aliphatic rings. The number of benzene rings is 1. The highest BCUT2D eigenvalue weighted by Crippen LogP contribution is 2.21. The molecule has 1 aromatic carbocycles. The van der Waals surface area contributed by atoms with Crippen LogP contribution in [0.1, 0.15) is 22.3 Å². The maximum Gasteiger partial charge on any atom is -0.0126 e. The van der Waals surface area contributed by atoms with Crippen molar-refractivity contribution >= 4 is 18.5 Å². The summed E-state index contributed by atoms with van der Waals surface area (Å²) in [5.74, 6) is 0. The Bertz CT molecular complexity index is 254. The summed E-state index contributed by atoms with van der Waals surface area (Å²) in [6.45, 7) is 4.37. The molecular weight excluding hydrogens is 182 g/mol. The first-order chi connectivity index (χ1) is 5.69. The molecule has 2 unspecified atom stereocenters.